The number of nitrogens with two attached hydrogens (primary N) is 1. The molecule has 5 rings (SSSR count). The predicted octanol–water partition coefficient (Wildman–Crippen LogP) is 5.02. The highest BCUT2D eigenvalue weighted by atomic mass is 79.9. The molecule has 39 heavy (non-hydrogen) atoms. The minimum Gasteiger partial charge on any atom is -0.369 e. The fourth-order valence-electron chi connectivity index (χ4n) is 6.72. The quantitative estimate of drug-likeness (QED) is 0.349. The number of piperidine rings is 2. The topological polar surface area (TPSA) is 96.1 Å². The minimum atomic E-state index is -0.598. The van der Waals surface area contributed by atoms with E-state index in [1.54, 1.807) is 4.90 Å². The summed E-state index contributed by atoms with van der Waals surface area (Å²) in [6.45, 7) is 3.42. The third-order valence-corrected chi connectivity index (χ3v) is 10.1. The van der Waals surface area contributed by atoms with E-state index >= 15 is 0 Å². The SMILES string of the molecule is NC(=O)CC(=O)N1CCC(CC(=O)N2CCC(C3C4=NCC(Br)C=C4CCc4cc(Cl)cc(Br)c43)CC2)CC1. The van der Waals surface area contributed by atoms with Crippen molar-refractivity contribution < 1.29 is 14.4 Å². The molecule has 2 fully saturated rings. The van der Waals surface area contributed by atoms with E-state index in [0.29, 0.717) is 25.4 Å². The molecule has 2 N–H and O–H groups in total. The number of aryl methyl sites for hydroxylation is 1. The molecule has 2 atom stereocenters. The fraction of sp³-hybridized carbons (Fsp3) is 0.586. The molecular weight excluding hydrogens is 648 g/mol. The Balaban J connectivity index is 1.23. The van der Waals surface area contributed by atoms with Crippen LogP contribution >= 0.6 is 43.5 Å². The standard InChI is InChI=1S/C29H35Br2ClN4O3/c30-21-12-20-2-1-19-13-22(32)14-23(31)27(19)28(29(20)34-16-21)18-5-9-36(10-6-18)25(38)11-17-3-7-35(8-4-17)26(39)15-24(33)37/h12-14,17-18,21,28H,1-11,15-16H2,(H2,33,37). The zero-order valence-corrected chi connectivity index (χ0v) is 25.9. The Kier molecular flexibility index (Phi) is 9.18. The Bertz CT molecular complexity index is 1200. The molecule has 2 unspecified atom stereocenters. The normalized spacial score (nSPS) is 24.3. The van der Waals surface area contributed by atoms with Gasteiger partial charge in [0, 0.05) is 53.7 Å². The average molecular weight is 683 g/mol. The first-order chi connectivity index (χ1) is 18.7. The first kappa shape index (κ1) is 28.8. The van der Waals surface area contributed by atoms with Gasteiger partial charge in [0.05, 0.1) is 11.4 Å². The summed E-state index contributed by atoms with van der Waals surface area (Å²) in [6.07, 6.45) is 7.96. The monoisotopic (exact) mass is 680 g/mol. The second-order valence-electron chi connectivity index (χ2n) is 11.3. The van der Waals surface area contributed by atoms with Gasteiger partial charge in [0.2, 0.25) is 17.7 Å². The molecule has 1 aromatic rings. The maximum Gasteiger partial charge on any atom is 0.231 e. The van der Waals surface area contributed by atoms with Crippen molar-refractivity contribution >= 4 is 66.9 Å². The lowest BCUT2D eigenvalue weighted by Crippen LogP contribution is -2.43. The van der Waals surface area contributed by atoms with Crippen LogP contribution in [-0.4, -0.2) is 70.8 Å². The number of rotatable bonds is 5. The number of nitrogens with zero attached hydrogens (tertiary/aromatic N) is 3. The molecule has 3 aliphatic heterocycles. The molecule has 0 bridgehead atoms. The summed E-state index contributed by atoms with van der Waals surface area (Å²) >= 11 is 14.0. The Morgan fingerprint density at radius 3 is 2.36 bits per heavy atom. The summed E-state index contributed by atoms with van der Waals surface area (Å²) in [5, 5.41) is 0.752. The summed E-state index contributed by atoms with van der Waals surface area (Å²) in [5.41, 5.74) is 10.3. The van der Waals surface area contributed by atoms with Crippen molar-refractivity contribution in [3.63, 3.8) is 0 Å². The average Bonchev–Trinajstić information content (AvgIpc) is 3.05. The first-order valence-electron chi connectivity index (χ1n) is 13.9. The van der Waals surface area contributed by atoms with Crippen molar-refractivity contribution in [1.82, 2.24) is 9.80 Å². The van der Waals surface area contributed by atoms with Crippen molar-refractivity contribution in [3.05, 3.63) is 44.4 Å². The van der Waals surface area contributed by atoms with Gasteiger partial charge in [-0.3, -0.25) is 19.4 Å². The number of allylic oxidation sites excluding steroid dienone is 1. The number of primary amides is 1. The molecular formula is C29H35Br2ClN4O3. The van der Waals surface area contributed by atoms with Crippen molar-refractivity contribution in [3.8, 4) is 0 Å². The van der Waals surface area contributed by atoms with Crippen LogP contribution in [0.1, 0.15) is 62.0 Å². The lowest BCUT2D eigenvalue weighted by molar-refractivity contribution is -0.136. The molecule has 7 nitrogen and oxygen atoms in total. The number of dihydropyridines is 1. The van der Waals surface area contributed by atoms with Gasteiger partial charge in [-0.2, -0.15) is 0 Å². The second kappa shape index (κ2) is 12.4. The fourth-order valence-corrected chi connectivity index (χ4v) is 8.30. The van der Waals surface area contributed by atoms with Crippen LogP contribution in [0.5, 0.6) is 0 Å². The van der Waals surface area contributed by atoms with Crippen LogP contribution in [0.15, 0.2) is 33.2 Å². The van der Waals surface area contributed by atoms with Crippen LogP contribution in [0.4, 0.5) is 0 Å². The Morgan fingerprint density at radius 2 is 1.67 bits per heavy atom. The maximum absolute atomic E-state index is 13.2. The smallest absolute Gasteiger partial charge is 0.231 e. The van der Waals surface area contributed by atoms with Gasteiger partial charge in [-0.15, -0.1) is 0 Å². The van der Waals surface area contributed by atoms with E-state index in [-0.39, 0.29) is 34.9 Å². The number of fused-ring (bicyclic) bond motifs is 2. The van der Waals surface area contributed by atoms with Gasteiger partial charge in [0.25, 0.3) is 0 Å². The van der Waals surface area contributed by atoms with E-state index in [2.05, 4.69) is 44.0 Å². The van der Waals surface area contributed by atoms with Gasteiger partial charge in [-0.05, 0) is 79.2 Å². The molecule has 210 valence electrons. The van der Waals surface area contributed by atoms with Gasteiger partial charge in [0.1, 0.15) is 6.42 Å². The highest BCUT2D eigenvalue weighted by Gasteiger charge is 2.38. The van der Waals surface area contributed by atoms with Gasteiger partial charge < -0.3 is 15.5 Å². The van der Waals surface area contributed by atoms with Gasteiger partial charge >= 0.3 is 0 Å². The Hall–Kier alpha value is -1.71. The predicted molar refractivity (Wildman–Crippen MR) is 160 cm³/mol. The Morgan fingerprint density at radius 1 is 1.00 bits per heavy atom. The third kappa shape index (κ3) is 6.62. The van der Waals surface area contributed by atoms with Crippen LogP contribution < -0.4 is 5.73 Å². The highest BCUT2D eigenvalue weighted by molar-refractivity contribution is 9.10. The highest BCUT2D eigenvalue weighted by Crippen LogP contribution is 2.45. The molecule has 10 heteroatoms. The molecule has 3 amide bonds. The zero-order valence-electron chi connectivity index (χ0n) is 22.0. The number of amides is 3. The Labute approximate surface area is 251 Å². The molecule has 0 spiro atoms. The summed E-state index contributed by atoms with van der Waals surface area (Å²) in [6, 6.07) is 4.12. The van der Waals surface area contributed by atoms with Gasteiger partial charge in [-0.25, -0.2) is 0 Å². The lowest BCUT2D eigenvalue weighted by Gasteiger charge is -2.39. The van der Waals surface area contributed by atoms with E-state index in [4.69, 9.17) is 22.3 Å². The third-order valence-electron chi connectivity index (χ3n) is 8.72. The number of halogens is 3. The first-order valence-corrected chi connectivity index (χ1v) is 16.0. The summed E-state index contributed by atoms with van der Waals surface area (Å²) in [5.74, 6) is 0.262. The molecule has 1 aliphatic carbocycles. The van der Waals surface area contributed by atoms with Crippen LogP contribution in [0, 0.1) is 11.8 Å². The molecule has 3 heterocycles. The van der Waals surface area contributed by atoms with E-state index < -0.39 is 5.91 Å². The van der Waals surface area contributed by atoms with E-state index in [1.807, 2.05) is 11.0 Å². The van der Waals surface area contributed by atoms with Crippen molar-refractivity contribution in [2.75, 3.05) is 32.7 Å². The van der Waals surface area contributed by atoms with Crippen LogP contribution in [-0.2, 0) is 20.8 Å². The van der Waals surface area contributed by atoms with Crippen molar-refractivity contribution in [2.45, 2.75) is 62.1 Å². The van der Waals surface area contributed by atoms with Crippen molar-refractivity contribution in [2.24, 2.45) is 22.6 Å². The molecule has 4 aliphatic rings. The second-order valence-corrected chi connectivity index (χ2v) is 13.7. The van der Waals surface area contributed by atoms with Gasteiger partial charge in [-0.1, -0.05) is 49.5 Å². The van der Waals surface area contributed by atoms with E-state index in [1.165, 1.54) is 22.4 Å². The van der Waals surface area contributed by atoms with Crippen LogP contribution in [0.25, 0.3) is 0 Å². The largest absolute Gasteiger partial charge is 0.369 e. The molecule has 1 aromatic carbocycles. The summed E-state index contributed by atoms with van der Waals surface area (Å²) in [4.78, 5) is 45.5. The minimum absolute atomic E-state index is 0.194. The van der Waals surface area contributed by atoms with Crippen LogP contribution in [0.3, 0.4) is 0 Å². The van der Waals surface area contributed by atoms with E-state index in [0.717, 1.165) is 67.7 Å². The number of likely N-dealkylation sites (tertiary alicyclic amines) is 2. The van der Waals surface area contributed by atoms with Crippen LogP contribution in [0.2, 0.25) is 5.02 Å². The number of alkyl halides is 1. The molecule has 0 radical (unpaired) electrons. The number of hydrogen-bond donors (Lipinski definition) is 1. The number of aliphatic imine (C=N–C) groups is 1. The zero-order chi connectivity index (χ0) is 27.7. The maximum atomic E-state index is 13.2. The summed E-state index contributed by atoms with van der Waals surface area (Å²) in [7, 11) is 0. The van der Waals surface area contributed by atoms with E-state index in [9.17, 15) is 14.4 Å². The number of benzene rings is 1. The molecule has 0 saturated carbocycles. The summed E-state index contributed by atoms with van der Waals surface area (Å²) < 4.78 is 1.05. The number of carbonyl (C=O) groups excluding carboxylic acids is 3. The lowest BCUT2D eigenvalue weighted by atomic mass is 9.75. The molecule has 2 saturated heterocycles. The molecule has 0 aromatic heterocycles. The van der Waals surface area contributed by atoms with Gasteiger partial charge in [0.15, 0.2) is 0 Å². The number of carbonyl (C=O) groups is 3. The van der Waals surface area contributed by atoms with Crippen molar-refractivity contribution in [1.29, 1.82) is 0 Å². The number of hydrogen-bond acceptors (Lipinski definition) is 4.